The van der Waals surface area contributed by atoms with E-state index in [9.17, 15) is 24.5 Å². The van der Waals surface area contributed by atoms with Crippen molar-refractivity contribution in [2.24, 2.45) is 13.0 Å². The Morgan fingerprint density at radius 1 is 1.31 bits per heavy atom. The van der Waals surface area contributed by atoms with Crippen LogP contribution in [-0.4, -0.2) is 47.8 Å². The summed E-state index contributed by atoms with van der Waals surface area (Å²) in [6.07, 6.45) is 0.465. The normalized spacial score (nSPS) is 20.1. The molecule has 3 heterocycles. The topological polar surface area (TPSA) is 147 Å². The lowest BCUT2D eigenvalue weighted by Crippen LogP contribution is -2.59. The van der Waals surface area contributed by atoms with E-state index in [0.29, 0.717) is 5.56 Å². The Morgan fingerprint density at radius 2 is 2.03 bits per heavy atom. The molecule has 32 heavy (non-hydrogen) atoms. The van der Waals surface area contributed by atoms with Gasteiger partial charge in [-0.3, -0.25) is 29.3 Å². The van der Waals surface area contributed by atoms with Crippen LogP contribution in [-0.2, 0) is 37.5 Å². The molecule has 2 aliphatic heterocycles. The van der Waals surface area contributed by atoms with Crippen molar-refractivity contribution in [1.82, 2.24) is 19.7 Å². The summed E-state index contributed by atoms with van der Waals surface area (Å²) in [7, 11) is 1.65. The predicted octanol–water partition coefficient (Wildman–Crippen LogP) is 1.44. The maximum atomic E-state index is 12.9. The molecule has 2 aliphatic rings. The molecule has 0 radical (unpaired) electrons. The molecule has 4 rings (SSSR count). The van der Waals surface area contributed by atoms with Gasteiger partial charge in [-0.2, -0.15) is 5.10 Å². The Bertz CT molecular complexity index is 1130. The van der Waals surface area contributed by atoms with Crippen LogP contribution in [0, 0.1) is 16.0 Å². The fraction of sp³-hybridized carbons (Fsp3) is 0.316. The number of non-ortho nitro benzene ring substituents is 1. The van der Waals surface area contributed by atoms with Gasteiger partial charge in [-0.25, -0.2) is 9.78 Å². The quantitative estimate of drug-likeness (QED) is 0.258. The number of benzene rings is 1. The van der Waals surface area contributed by atoms with Crippen molar-refractivity contribution >= 4 is 35.3 Å². The van der Waals surface area contributed by atoms with Gasteiger partial charge in [0.1, 0.15) is 29.9 Å². The number of nitro groups is 1. The highest BCUT2D eigenvalue weighted by molar-refractivity contribution is 8.03. The van der Waals surface area contributed by atoms with E-state index in [1.54, 1.807) is 7.05 Å². The Labute approximate surface area is 185 Å². The number of carbonyl (C=O) groups is 3. The van der Waals surface area contributed by atoms with Gasteiger partial charge in [0, 0.05) is 31.5 Å². The molecule has 3 unspecified atom stereocenters. The number of β-lactam (4-membered cyclic amide) rings is 1. The highest BCUT2D eigenvalue weighted by Crippen LogP contribution is 2.50. The number of thioether (sulfide) groups is 1. The zero-order chi connectivity index (χ0) is 23.0. The molecular formula is C19H17N5O7S. The first kappa shape index (κ1) is 21.5. The minimum absolute atomic E-state index is 0.0697. The summed E-state index contributed by atoms with van der Waals surface area (Å²) in [5.74, 6) is -2.23. The predicted molar refractivity (Wildman–Crippen MR) is 108 cm³/mol. The van der Waals surface area contributed by atoms with E-state index >= 15 is 0 Å². The van der Waals surface area contributed by atoms with Crippen LogP contribution >= 0.6 is 11.8 Å². The van der Waals surface area contributed by atoms with Gasteiger partial charge in [0.25, 0.3) is 5.69 Å². The maximum absolute atomic E-state index is 12.9. The lowest BCUT2D eigenvalue weighted by atomic mass is 9.90. The monoisotopic (exact) mass is 459 g/mol. The van der Waals surface area contributed by atoms with Crippen LogP contribution in [0.15, 0.2) is 41.7 Å². The third kappa shape index (κ3) is 3.93. The number of nitro benzene ring substituents is 1. The summed E-state index contributed by atoms with van der Waals surface area (Å²) in [6.45, 7) is 1.13. The number of esters is 2. The average Bonchev–Trinajstić information content (AvgIpc) is 3.35. The minimum atomic E-state index is -0.973. The van der Waals surface area contributed by atoms with E-state index < -0.39 is 40.2 Å². The van der Waals surface area contributed by atoms with Crippen molar-refractivity contribution in [3.63, 3.8) is 0 Å². The molecule has 13 heteroatoms. The number of hydrogen-bond acceptors (Lipinski definition) is 10. The zero-order valence-electron chi connectivity index (χ0n) is 16.9. The van der Waals surface area contributed by atoms with Crippen LogP contribution in [0.4, 0.5) is 5.69 Å². The van der Waals surface area contributed by atoms with E-state index in [4.69, 9.17) is 9.47 Å². The summed E-state index contributed by atoms with van der Waals surface area (Å²) in [6, 6.07) is 5.60. The number of nitrogens with zero attached hydrogens (tertiary/aromatic N) is 5. The molecule has 1 fully saturated rings. The van der Waals surface area contributed by atoms with E-state index in [-0.39, 0.29) is 23.8 Å². The van der Waals surface area contributed by atoms with Crippen LogP contribution < -0.4 is 0 Å². The van der Waals surface area contributed by atoms with Gasteiger partial charge in [0.2, 0.25) is 5.91 Å². The smallest absolute Gasteiger partial charge is 0.355 e. The van der Waals surface area contributed by atoms with Crippen LogP contribution in [0.5, 0.6) is 0 Å². The number of aryl methyl sites for hydroxylation is 1. The van der Waals surface area contributed by atoms with E-state index in [1.165, 1.54) is 64.3 Å². The summed E-state index contributed by atoms with van der Waals surface area (Å²) >= 11 is 1.24. The molecule has 12 nitrogen and oxygen atoms in total. The van der Waals surface area contributed by atoms with Crippen molar-refractivity contribution < 1.29 is 28.8 Å². The molecule has 1 amide bonds. The Hall–Kier alpha value is -3.74. The van der Waals surface area contributed by atoms with Crippen molar-refractivity contribution in [1.29, 1.82) is 0 Å². The van der Waals surface area contributed by atoms with Crippen molar-refractivity contribution in [3.05, 3.63) is 63.2 Å². The molecule has 166 valence electrons. The molecule has 0 aliphatic carbocycles. The molecule has 0 spiro atoms. The molecule has 3 atom stereocenters. The summed E-state index contributed by atoms with van der Waals surface area (Å²) in [5.41, 5.74) is 0.578. The lowest BCUT2D eigenvalue weighted by Gasteiger charge is -2.44. The molecule has 0 N–H and O–H groups in total. The van der Waals surface area contributed by atoms with Gasteiger partial charge in [-0.05, 0) is 17.7 Å². The number of rotatable bonds is 7. The van der Waals surface area contributed by atoms with Crippen molar-refractivity contribution in [2.75, 3.05) is 0 Å². The Balaban J connectivity index is 1.41. The number of aromatic nitrogens is 3. The van der Waals surface area contributed by atoms with Crippen LogP contribution in [0.2, 0.25) is 0 Å². The first-order valence-electron chi connectivity index (χ1n) is 9.38. The summed E-state index contributed by atoms with van der Waals surface area (Å²) in [4.78, 5) is 52.6. The fourth-order valence-electron chi connectivity index (χ4n) is 3.39. The molecular weight excluding hydrogens is 442 g/mol. The largest absolute Gasteiger partial charge is 0.456 e. The highest BCUT2D eigenvalue weighted by Gasteiger charge is 2.59. The van der Waals surface area contributed by atoms with Gasteiger partial charge >= 0.3 is 11.9 Å². The molecule has 1 saturated heterocycles. The Morgan fingerprint density at radius 3 is 2.62 bits per heavy atom. The van der Waals surface area contributed by atoms with Gasteiger partial charge in [0.05, 0.1) is 4.92 Å². The second-order valence-electron chi connectivity index (χ2n) is 7.07. The standard InChI is InChI=1S/C19H17N5O7S/c1-10(25)31-15(16-20-9-22(2)21-16)14-17(26)23-13(8-32-18(14)23)19(27)30-7-11-3-5-12(6-4-11)24(28)29/h3-6,8-9,14-15,18H,7H2,1-2H3. The number of hydrogen-bond donors (Lipinski definition) is 0. The summed E-state index contributed by atoms with van der Waals surface area (Å²) in [5, 5.41) is 15.9. The second-order valence-corrected chi connectivity index (χ2v) is 8.06. The lowest BCUT2D eigenvalue weighted by molar-refractivity contribution is -0.384. The van der Waals surface area contributed by atoms with Crippen molar-refractivity contribution in [3.8, 4) is 0 Å². The Kier molecular flexibility index (Phi) is 5.65. The first-order chi connectivity index (χ1) is 15.3. The third-order valence-electron chi connectivity index (χ3n) is 4.88. The minimum Gasteiger partial charge on any atom is -0.456 e. The van der Waals surface area contributed by atoms with E-state index in [1.807, 2.05) is 0 Å². The van der Waals surface area contributed by atoms with E-state index in [2.05, 4.69) is 10.1 Å². The van der Waals surface area contributed by atoms with Gasteiger partial charge in [-0.1, -0.05) is 0 Å². The maximum Gasteiger partial charge on any atom is 0.355 e. The number of carbonyl (C=O) groups excluding carboxylic acids is 3. The average molecular weight is 459 g/mol. The highest BCUT2D eigenvalue weighted by atomic mass is 32.2. The molecule has 2 aromatic rings. The summed E-state index contributed by atoms with van der Waals surface area (Å²) < 4.78 is 12.0. The van der Waals surface area contributed by atoms with Gasteiger partial charge < -0.3 is 9.47 Å². The fourth-order valence-corrected chi connectivity index (χ4v) is 4.64. The van der Waals surface area contributed by atoms with E-state index in [0.717, 1.165) is 0 Å². The van der Waals surface area contributed by atoms with Crippen molar-refractivity contribution in [2.45, 2.75) is 25.0 Å². The van der Waals surface area contributed by atoms with Crippen LogP contribution in [0.3, 0.4) is 0 Å². The van der Waals surface area contributed by atoms with Crippen LogP contribution in [0.1, 0.15) is 24.4 Å². The second kappa shape index (κ2) is 8.42. The number of fused-ring (bicyclic) bond motifs is 1. The number of ether oxygens (including phenoxy) is 2. The van der Waals surface area contributed by atoms with Gasteiger partial charge in [0.15, 0.2) is 11.9 Å². The van der Waals surface area contributed by atoms with Crippen LogP contribution in [0.25, 0.3) is 0 Å². The van der Waals surface area contributed by atoms with Gasteiger partial charge in [-0.15, -0.1) is 11.8 Å². The zero-order valence-corrected chi connectivity index (χ0v) is 17.7. The first-order valence-corrected chi connectivity index (χ1v) is 10.3. The number of amides is 1. The third-order valence-corrected chi connectivity index (χ3v) is 6.02. The molecule has 1 aromatic heterocycles. The molecule has 0 saturated carbocycles. The SMILES string of the molecule is CC(=O)OC(c1ncn(C)n1)C1C(=O)N2C(C(=O)OCc3ccc([N+](=O)[O-])cc3)=CSC12. The molecule has 1 aromatic carbocycles. The molecule has 0 bridgehead atoms.